The number of nitrogens with two attached hydrogens (primary N) is 1. The van der Waals surface area contributed by atoms with Crippen LogP contribution >= 0.6 is 0 Å². The molecule has 0 aliphatic carbocycles. The van der Waals surface area contributed by atoms with Crippen LogP contribution in [0.15, 0.2) is 24.3 Å². The van der Waals surface area contributed by atoms with Crippen LogP contribution in [-0.2, 0) is 7.05 Å². The fourth-order valence-corrected chi connectivity index (χ4v) is 6.12. The normalized spacial score (nSPS) is 43.7. The molecule has 128 valence electrons. The van der Waals surface area contributed by atoms with Crippen molar-refractivity contribution in [3.63, 3.8) is 0 Å². The maximum Gasteiger partial charge on any atom is 0.0910 e. The van der Waals surface area contributed by atoms with Crippen LogP contribution in [0.4, 0.5) is 0 Å². The molecule has 4 heteroatoms. The largest absolute Gasteiger partial charge is 0.348 e. The Hall–Kier alpha value is -1.36. The average Bonchev–Trinajstić information content (AvgIpc) is 2.77. The molecule has 4 aliphatic rings. The molecule has 4 saturated heterocycles. The molecule has 0 unspecified atom stereocenters. The standard InChI is InChI=1S/C20H28N4/c1-13-16(14-7-5-6-8-15(14)22(13)4)17-23-9-19(2)10-24(17)12-20(3,11-23)18(19)21/h5-8,17-18H,9-12,21H2,1-4H3. The molecule has 4 nitrogen and oxygen atoms in total. The Morgan fingerprint density at radius 3 is 2.12 bits per heavy atom. The predicted octanol–water partition coefficient (Wildman–Crippen LogP) is 2.47. The van der Waals surface area contributed by atoms with E-state index in [1.807, 2.05) is 0 Å². The fraction of sp³-hybridized carbons (Fsp3) is 0.600. The first-order chi connectivity index (χ1) is 11.3. The lowest BCUT2D eigenvalue weighted by molar-refractivity contribution is -0.205. The van der Waals surface area contributed by atoms with E-state index in [1.54, 1.807) is 0 Å². The Balaban J connectivity index is 1.67. The zero-order chi connectivity index (χ0) is 16.9. The second kappa shape index (κ2) is 4.43. The molecule has 4 fully saturated rings. The highest BCUT2D eigenvalue weighted by Gasteiger charge is 2.61. The van der Waals surface area contributed by atoms with Gasteiger partial charge in [0, 0.05) is 72.3 Å². The zero-order valence-electron chi connectivity index (χ0n) is 15.2. The van der Waals surface area contributed by atoms with Crippen molar-refractivity contribution >= 4 is 10.9 Å². The van der Waals surface area contributed by atoms with E-state index in [9.17, 15) is 0 Å². The molecular formula is C20H28N4. The van der Waals surface area contributed by atoms with Gasteiger partial charge in [0.15, 0.2) is 0 Å². The summed E-state index contributed by atoms with van der Waals surface area (Å²) in [5, 5.41) is 1.41. The number of hydrogen-bond acceptors (Lipinski definition) is 3. The van der Waals surface area contributed by atoms with Crippen LogP contribution in [0.5, 0.6) is 0 Å². The van der Waals surface area contributed by atoms with Crippen molar-refractivity contribution in [2.24, 2.45) is 23.6 Å². The predicted molar refractivity (Wildman–Crippen MR) is 97.7 cm³/mol. The van der Waals surface area contributed by atoms with Gasteiger partial charge < -0.3 is 10.3 Å². The smallest absolute Gasteiger partial charge is 0.0910 e. The first kappa shape index (κ1) is 14.9. The van der Waals surface area contributed by atoms with Crippen molar-refractivity contribution in [2.45, 2.75) is 33.0 Å². The highest BCUT2D eigenvalue weighted by atomic mass is 15.4. The lowest BCUT2D eigenvalue weighted by Gasteiger charge is -2.68. The van der Waals surface area contributed by atoms with Crippen molar-refractivity contribution in [3.8, 4) is 0 Å². The van der Waals surface area contributed by atoms with E-state index in [2.05, 4.69) is 66.5 Å². The summed E-state index contributed by atoms with van der Waals surface area (Å²) in [6.07, 6.45) is 0.407. The van der Waals surface area contributed by atoms with Crippen LogP contribution < -0.4 is 5.73 Å². The summed E-state index contributed by atoms with van der Waals surface area (Å²) in [6.45, 7) is 11.5. The van der Waals surface area contributed by atoms with Gasteiger partial charge in [0.1, 0.15) is 0 Å². The van der Waals surface area contributed by atoms with E-state index in [0.717, 1.165) is 26.2 Å². The van der Waals surface area contributed by atoms with Crippen LogP contribution in [-0.4, -0.2) is 46.6 Å². The maximum atomic E-state index is 6.69. The van der Waals surface area contributed by atoms with Gasteiger partial charge in [-0.3, -0.25) is 9.80 Å². The fourth-order valence-electron chi connectivity index (χ4n) is 6.12. The van der Waals surface area contributed by atoms with Gasteiger partial charge in [0.05, 0.1) is 6.17 Å². The second-order valence-corrected chi connectivity index (χ2v) is 9.04. The minimum Gasteiger partial charge on any atom is -0.348 e. The van der Waals surface area contributed by atoms with E-state index >= 15 is 0 Å². The Labute approximate surface area is 144 Å². The van der Waals surface area contributed by atoms with Crippen molar-refractivity contribution in [1.29, 1.82) is 0 Å². The quantitative estimate of drug-likeness (QED) is 0.876. The minimum absolute atomic E-state index is 0.222. The number of aryl methyl sites for hydroxylation is 1. The number of rotatable bonds is 1. The summed E-state index contributed by atoms with van der Waals surface area (Å²) >= 11 is 0. The molecule has 24 heavy (non-hydrogen) atoms. The van der Waals surface area contributed by atoms with Crippen LogP contribution in [0.25, 0.3) is 10.9 Å². The van der Waals surface area contributed by atoms with Gasteiger partial charge in [-0.2, -0.15) is 0 Å². The number of nitrogens with zero attached hydrogens (tertiary/aromatic N) is 3. The molecule has 1 aromatic heterocycles. The van der Waals surface area contributed by atoms with Gasteiger partial charge in [0.25, 0.3) is 0 Å². The Kier molecular flexibility index (Phi) is 2.75. The van der Waals surface area contributed by atoms with Gasteiger partial charge in [-0.05, 0) is 13.0 Å². The summed E-state index contributed by atoms with van der Waals surface area (Å²) in [4.78, 5) is 5.40. The van der Waals surface area contributed by atoms with Gasteiger partial charge in [-0.1, -0.05) is 32.0 Å². The van der Waals surface area contributed by atoms with Crippen LogP contribution in [0, 0.1) is 17.8 Å². The average molecular weight is 324 g/mol. The van der Waals surface area contributed by atoms with E-state index in [4.69, 9.17) is 5.73 Å². The molecule has 1 aromatic carbocycles. The summed E-state index contributed by atoms with van der Waals surface area (Å²) in [6, 6.07) is 9.16. The van der Waals surface area contributed by atoms with Crippen molar-refractivity contribution < 1.29 is 0 Å². The van der Waals surface area contributed by atoms with Crippen LogP contribution in [0.1, 0.15) is 31.3 Å². The molecule has 0 amide bonds. The summed E-state index contributed by atoms with van der Waals surface area (Å²) in [7, 11) is 2.19. The first-order valence-electron chi connectivity index (χ1n) is 9.12. The van der Waals surface area contributed by atoms with Crippen LogP contribution in [0.2, 0.25) is 0 Å². The molecule has 4 bridgehead atoms. The summed E-state index contributed by atoms with van der Waals surface area (Å²) in [5.41, 5.74) is 11.4. The second-order valence-electron chi connectivity index (χ2n) is 9.04. The molecule has 4 aliphatic heterocycles. The molecule has 5 heterocycles. The Bertz CT molecular complexity index is 798. The number of hydrogen-bond donors (Lipinski definition) is 1. The SMILES string of the molecule is Cc1c(C2N3CC4(C)CN2CC(C)(C3)C4N)c2ccccc2n1C. The number of benzene rings is 1. The third-order valence-electron chi connectivity index (χ3n) is 7.16. The van der Waals surface area contributed by atoms with E-state index in [0.29, 0.717) is 12.2 Å². The topological polar surface area (TPSA) is 37.4 Å². The minimum atomic E-state index is 0.222. The number of fused-ring (bicyclic) bond motifs is 1. The number of piperidine rings is 2. The van der Waals surface area contributed by atoms with Gasteiger partial charge in [-0.25, -0.2) is 0 Å². The molecule has 0 spiro atoms. The monoisotopic (exact) mass is 324 g/mol. The van der Waals surface area contributed by atoms with Gasteiger partial charge in [-0.15, -0.1) is 0 Å². The first-order valence-corrected chi connectivity index (χ1v) is 9.12. The van der Waals surface area contributed by atoms with Gasteiger partial charge >= 0.3 is 0 Å². The Morgan fingerprint density at radius 2 is 1.54 bits per heavy atom. The number of aromatic nitrogens is 1. The molecule has 0 saturated carbocycles. The highest BCUT2D eigenvalue weighted by molar-refractivity contribution is 5.86. The van der Waals surface area contributed by atoms with Crippen LogP contribution in [0.3, 0.4) is 0 Å². The third-order valence-corrected chi connectivity index (χ3v) is 7.16. The van der Waals surface area contributed by atoms with E-state index in [1.165, 1.54) is 22.2 Å². The lowest BCUT2D eigenvalue weighted by Crippen LogP contribution is -2.78. The molecular weight excluding hydrogens is 296 g/mol. The maximum absolute atomic E-state index is 6.69. The molecule has 0 radical (unpaired) electrons. The van der Waals surface area contributed by atoms with Crippen molar-refractivity contribution in [2.75, 3.05) is 26.2 Å². The summed E-state index contributed by atoms with van der Waals surface area (Å²) in [5.74, 6) is 0. The Morgan fingerprint density at radius 1 is 1.00 bits per heavy atom. The van der Waals surface area contributed by atoms with Gasteiger partial charge in [0.2, 0.25) is 0 Å². The molecule has 0 atom stereocenters. The molecule has 2 aromatic rings. The van der Waals surface area contributed by atoms with Crippen molar-refractivity contribution in [1.82, 2.24) is 14.4 Å². The van der Waals surface area contributed by atoms with Crippen molar-refractivity contribution in [3.05, 3.63) is 35.5 Å². The van der Waals surface area contributed by atoms with E-state index in [-0.39, 0.29) is 10.8 Å². The zero-order valence-corrected chi connectivity index (χ0v) is 15.2. The highest BCUT2D eigenvalue weighted by Crippen LogP contribution is 2.54. The molecule has 2 N–H and O–H groups in total. The number of para-hydroxylation sites is 1. The third kappa shape index (κ3) is 1.64. The summed E-state index contributed by atoms with van der Waals surface area (Å²) < 4.78 is 2.35. The lowest BCUT2D eigenvalue weighted by atomic mass is 9.59. The van der Waals surface area contributed by atoms with E-state index < -0.39 is 0 Å². The molecule has 6 rings (SSSR count).